The van der Waals surface area contributed by atoms with Crippen LogP contribution in [0.3, 0.4) is 0 Å². The molecule has 0 amide bonds. The molecule has 0 N–H and O–H groups in total. The molecule has 1 unspecified atom stereocenters. The summed E-state index contributed by atoms with van der Waals surface area (Å²) in [5.41, 5.74) is 0. The van der Waals surface area contributed by atoms with E-state index in [1.54, 1.807) is 0 Å². The third kappa shape index (κ3) is 1.37. The first-order chi connectivity index (χ1) is 6.23. The maximum absolute atomic E-state index is 11.4. The van der Waals surface area contributed by atoms with Crippen LogP contribution in [0.15, 0.2) is 12.2 Å². The zero-order valence-corrected chi connectivity index (χ0v) is 7.12. The van der Waals surface area contributed by atoms with Crippen LogP contribution in [0.2, 0.25) is 0 Å². The molecule has 13 heavy (non-hydrogen) atoms. The molecule has 2 aliphatic heterocycles. The Kier molecular flexibility index (Phi) is 1.92. The van der Waals surface area contributed by atoms with Crippen LogP contribution in [0.5, 0.6) is 0 Å². The van der Waals surface area contributed by atoms with E-state index in [4.69, 9.17) is 9.47 Å². The van der Waals surface area contributed by atoms with Gasteiger partial charge in [-0.1, -0.05) is 0 Å². The molecule has 2 aliphatic rings. The van der Waals surface area contributed by atoms with Gasteiger partial charge in [-0.2, -0.15) is 0 Å². The van der Waals surface area contributed by atoms with Crippen LogP contribution >= 0.6 is 0 Å². The number of rotatable bonds is 0. The average molecular weight is 182 g/mol. The second-order valence-corrected chi connectivity index (χ2v) is 3.18. The first-order valence-corrected chi connectivity index (χ1v) is 4.32. The van der Waals surface area contributed by atoms with Gasteiger partial charge in [-0.15, -0.1) is 0 Å². The SMILES string of the molecule is O=C1C=CC(=O)C2(CCCCO2)O1. The molecule has 2 heterocycles. The number of hydrogen-bond acceptors (Lipinski definition) is 4. The molecule has 1 atom stereocenters. The summed E-state index contributed by atoms with van der Waals surface area (Å²) >= 11 is 0. The minimum Gasteiger partial charge on any atom is -0.422 e. The fraction of sp³-hybridized carbons (Fsp3) is 0.556. The predicted octanol–water partition coefficient (Wildman–Crippen LogP) is 0.565. The number of carbonyl (C=O) groups excluding carboxylic acids is 2. The van der Waals surface area contributed by atoms with Crippen LogP contribution in [0.1, 0.15) is 19.3 Å². The summed E-state index contributed by atoms with van der Waals surface area (Å²) in [6, 6.07) is 0. The van der Waals surface area contributed by atoms with E-state index in [1.807, 2.05) is 0 Å². The zero-order chi connectivity index (χ0) is 9.31. The van der Waals surface area contributed by atoms with Gasteiger partial charge in [-0.05, 0) is 18.9 Å². The number of esters is 1. The number of ketones is 1. The number of carbonyl (C=O) groups is 2. The largest absolute Gasteiger partial charge is 0.422 e. The third-order valence-electron chi connectivity index (χ3n) is 2.25. The minimum absolute atomic E-state index is 0.258. The summed E-state index contributed by atoms with van der Waals surface area (Å²) in [5.74, 6) is -2.04. The van der Waals surface area contributed by atoms with E-state index in [2.05, 4.69) is 0 Å². The zero-order valence-electron chi connectivity index (χ0n) is 7.12. The van der Waals surface area contributed by atoms with Crippen molar-refractivity contribution in [3.8, 4) is 0 Å². The Labute approximate surface area is 75.5 Å². The lowest BCUT2D eigenvalue weighted by Gasteiger charge is -2.35. The number of hydrogen-bond donors (Lipinski definition) is 0. The van der Waals surface area contributed by atoms with Crippen LogP contribution in [-0.2, 0) is 19.1 Å². The summed E-state index contributed by atoms with van der Waals surface area (Å²) < 4.78 is 10.2. The molecule has 1 fully saturated rings. The Morgan fingerprint density at radius 1 is 1.23 bits per heavy atom. The standard InChI is InChI=1S/C9H10O4/c10-7-3-4-8(11)13-9(7)5-1-2-6-12-9/h3-4H,1-2,5-6H2. The molecular weight excluding hydrogens is 172 g/mol. The molecule has 2 rings (SSSR count). The predicted molar refractivity (Wildman–Crippen MR) is 42.8 cm³/mol. The molecule has 4 heteroatoms. The van der Waals surface area contributed by atoms with Crippen LogP contribution in [0.4, 0.5) is 0 Å². The van der Waals surface area contributed by atoms with Crippen molar-refractivity contribution in [3.05, 3.63) is 12.2 Å². The van der Waals surface area contributed by atoms with E-state index in [0.717, 1.165) is 18.9 Å². The highest BCUT2D eigenvalue weighted by molar-refractivity contribution is 6.04. The minimum atomic E-state index is -1.29. The Morgan fingerprint density at radius 2 is 2.08 bits per heavy atom. The van der Waals surface area contributed by atoms with Crippen molar-refractivity contribution in [2.45, 2.75) is 25.0 Å². The molecule has 1 saturated heterocycles. The van der Waals surface area contributed by atoms with E-state index >= 15 is 0 Å². The van der Waals surface area contributed by atoms with E-state index in [1.165, 1.54) is 6.08 Å². The van der Waals surface area contributed by atoms with E-state index in [-0.39, 0.29) is 5.78 Å². The van der Waals surface area contributed by atoms with Crippen LogP contribution in [0.25, 0.3) is 0 Å². The van der Waals surface area contributed by atoms with Crippen molar-refractivity contribution in [1.82, 2.24) is 0 Å². The van der Waals surface area contributed by atoms with Crippen molar-refractivity contribution in [1.29, 1.82) is 0 Å². The van der Waals surface area contributed by atoms with Crippen LogP contribution in [-0.4, -0.2) is 24.1 Å². The van der Waals surface area contributed by atoms with Gasteiger partial charge in [0.15, 0.2) is 0 Å². The summed E-state index contributed by atoms with van der Waals surface area (Å²) in [7, 11) is 0. The van der Waals surface area contributed by atoms with Gasteiger partial charge < -0.3 is 9.47 Å². The van der Waals surface area contributed by atoms with Gasteiger partial charge in [0, 0.05) is 12.5 Å². The van der Waals surface area contributed by atoms with Gasteiger partial charge in [-0.3, -0.25) is 4.79 Å². The molecule has 0 aliphatic carbocycles. The summed E-state index contributed by atoms with van der Waals surface area (Å²) in [6.45, 7) is 0.479. The van der Waals surface area contributed by atoms with Gasteiger partial charge in [0.1, 0.15) is 0 Å². The third-order valence-corrected chi connectivity index (χ3v) is 2.25. The first kappa shape index (κ1) is 8.44. The normalized spacial score (nSPS) is 33.5. The molecule has 1 spiro atoms. The average Bonchev–Trinajstić information content (AvgIpc) is 2.14. The van der Waals surface area contributed by atoms with Crippen molar-refractivity contribution in [3.63, 3.8) is 0 Å². The summed E-state index contributed by atoms with van der Waals surface area (Å²) in [5, 5.41) is 0. The second kappa shape index (κ2) is 2.96. The van der Waals surface area contributed by atoms with E-state index in [0.29, 0.717) is 13.0 Å². The molecular formula is C9H10O4. The second-order valence-electron chi connectivity index (χ2n) is 3.18. The molecule has 4 nitrogen and oxygen atoms in total. The lowest BCUT2D eigenvalue weighted by molar-refractivity contribution is -0.234. The van der Waals surface area contributed by atoms with Gasteiger partial charge >= 0.3 is 5.97 Å². The van der Waals surface area contributed by atoms with E-state index < -0.39 is 11.8 Å². The lowest BCUT2D eigenvalue weighted by Crippen LogP contribution is -2.49. The molecule has 0 bridgehead atoms. The molecule has 70 valence electrons. The maximum Gasteiger partial charge on any atom is 0.333 e. The Bertz CT molecular complexity index is 273. The highest BCUT2D eigenvalue weighted by Gasteiger charge is 2.45. The highest BCUT2D eigenvalue weighted by Crippen LogP contribution is 2.29. The van der Waals surface area contributed by atoms with Crippen LogP contribution in [0, 0.1) is 0 Å². The van der Waals surface area contributed by atoms with Crippen LogP contribution < -0.4 is 0 Å². The lowest BCUT2D eigenvalue weighted by atomic mass is 9.99. The topological polar surface area (TPSA) is 52.6 Å². The van der Waals surface area contributed by atoms with Gasteiger partial charge in [0.25, 0.3) is 5.79 Å². The quantitative estimate of drug-likeness (QED) is 0.514. The molecule has 0 radical (unpaired) electrons. The van der Waals surface area contributed by atoms with Crippen molar-refractivity contribution < 1.29 is 19.1 Å². The molecule has 0 aromatic rings. The maximum atomic E-state index is 11.4. The Balaban J connectivity index is 2.24. The van der Waals surface area contributed by atoms with Gasteiger partial charge in [0.05, 0.1) is 6.61 Å². The first-order valence-electron chi connectivity index (χ1n) is 4.32. The summed E-state index contributed by atoms with van der Waals surface area (Å²) in [6.07, 6.45) is 4.60. The fourth-order valence-electron chi connectivity index (χ4n) is 1.56. The molecule has 0 aromatic carbocycles. The van der Waals surface area contributed by atoms with Gasteiger partial charge in [0.2, 0.25) is 5.78 Å². The van der Waals surface area contributed by atoms with Crippen molar-refractivity contribution in [2.75, 3.05) is 6.61 Å². The van der Waals surface area contributed by atoms with Gasteiger partial charge in [-0.25, -0.2) is 4.79 Å². The molecule has 0 aromatic heterocycles. The monoisotopic (exact) mass is 182 g/mol. The summed E-state index contributed by atoms with van der Waals surface area (Å²) in [4.78, 5) is 22.4. The Hall–Kier alpha value is -1.16. The van der Waals surface area contributed by atoms with Crippen molar-refractivity contribution >= 4 is 11.8 Å². The highest BCUT2D eigenvalue weighted by atomic mass is 16.7. The Morgan fingerprint density at radius 3 is 2.77 bits per heavy atom. The molecule has 0 saturated carbocycles. The fourth-order valence-corrected chi connectivity index (χ4v) is 1.56. The van der Waals surface area contributed by atoms with E-state index in [9.17, 15) is 9.59 Å². The smallest absolute Gasteiger partial charge is 0.333 e. The number of ether oxygens (including phenoxy) is 2. The van der Waals surface area contributed by atoms with Crippen molar-refractivity contribution in [2.24, 2.45) is 0 Å².